The molecule has 0 atom stereocenters. The number of carbonyl (C=O) groups is 1. The van der Waals surface area contributed by atoms with Crippen LogP contribution in [0, 0.1) is 0 Å². The van der Waals surface area contributed by atoms with Crippen molar-refractivity contribution in [3.63, 3.8) is 0 Å². The monoisotopic (exact) mass is 457 g/mol. The van der Waals surface area contributed by atoms with Gasteiger partial charge < -0.3 is 28.8 Å². The van der Waals surface area contributed by atoms with Gasteiger partial charge >= 0.3 is 0 Å². The number of phenolic OH excluding ortho intramolecular Hbond substituents is 2. The van der Waals surface area contributed by atoms with Crippen LogP contribution in [0.25, 0.3) is 17.0 Å². The lowest BCUT2D eigenvalue weighted by Crippen LogP contribution is -2.09. The Morgan fingerprint density at radius 2 is 2.06 bits per heavy atom. The molecule has 6 rings (SSSR count). The van der Waals surface area contributed by atoms with Gasteiger partial charge in [-0.1, -0.05) is 0 Å². The van der Waals surface area contributed by atoms with Gasteiger partial charge in [0.1, 0.15) is 28.6 Å². The number of hydrogen-bond acceptors (Lipinski definition) is 6. The lowest BCUT2D eigenvalue weighted by Gasteiger charge is -2.12. The molecule has 1 aliphatic heterocycles. The standard InChI is InChI=1S/C26H23N3O5/c1-33-17-4-5-20-18(12-17)19(13-23-26(32)24-21(31)10-16(30)11-22(24)34-23)25(15-2-3-15)29(20)9-8-28-7-6-27-14-28/h4-7,10-15,30-31H,2-3,8-9H2,1H3. The summed E-state index contributed by atoms with van der Waals surface area (Å²) in [6.07, 6.45) is 9.44. The minimum Gasteiger partial charge on any atom is -0.508 e. The maximum absolute atomic E-state index is 13.1. The fraction of sp³-hybridized carbons (Fsp3) is 0.231. The van der Waals surface area contributed by atoms with Crippen LogP contribution in [0.2, 0.25) is 0 Å². The molecule has 0 amide bonds. The van der Waals surface area contributed by atoms with E-state index in [9.17, 15) is 15.0 Å². The van der Waals surface area contributed by atoms with E-state index >= 15 is 0 Å². The average molecular weight is 457 g/mol. The molecule has 0 spiro atoms. The molecule has 0 bridgehead atoms. The largest absolute Gasteiger partial charge is 0.508 e. The number of imidazole rings is 1. The van der Waals surface area contributed by atoms with E-state index in [4.69, 9.17) is 9.47 Å². The van der Waals surface area contributed by atoms with Gasteiger partial charge in [0.05, 0.1) is 13.4 Å². The lowest BCUT2D eigenvalue weighted by atomic mass is 10.0. The van der Waals surface area contributed by atoms with E-state index in [-0.39, 0.29) is 28.6 Å². The molecular weight excluding hydrogens is 434 g/mol. The Morgan fingerprint density at radius 1 is 1.21 bits per heavy atom. The number of ether oxygens (including phenoxy) is 2. The van der Waals surface area contributed by atoms with Crippen molar-refractivity contribution in [3.05, 3.63) is 71.6 Å². The summed E-state index contributed by atoms with van der Waals surface area (Å²) in [7, 11) is 1.63. The minimum absolute atomic E-state index is 0.0680. The van der Waals surface area contributed by atoms with Crippen molar-refractivity contribution in [1.29, 1.82) is 0 Å². The number of hydrogen-bond donors (Lipinski definition) is 2. The number of Topliss-reactive ketones (excluding diaryl/α,β-unsaturated/α-hetero) is 1. The van der Waals surface area contributed by atoms with Crippen LogP contribution in [0.4, 0.5) is 0 Å². The molecule has 3 heterocycles. The summed E-state index contributed by atoms with van der Waals surface area (Å²) >= 11 is 0. The summed E-state index contributed by atoms with van der Waals surface area (Å²) in [4.78, 5) is 17.2. The molecule has 1 aliphatic carbocycles. The van der Waals surface area contributed by atoms with Crippen molar-refractivity contribution >= 4 is 22.8 Å². The van der Waals surface area contributed by atoms with Gasteiger partial charge in [-0.15, -0.1) is 0 Å². The Kier molecular flexibility index (Phi) is 4.62. The Balaban J connectivity index is 1.51. The summed E-state index contributed by atoms with van der Waals surface area (Å²) < 4.78 is 15.7. The zero-order valence-electron chi connectivity index (χ0n) is 18.6. The van der Waals surface area contributed by atoms with Crippen LogP contribution in [-0.2, 0) is 13.1 Å². The van der Waals surface area contributed by atoms with Gasteiger partial charge in [0.15, 0.2) is 5.76 Å². The predicted molar refractivity (Wildman–Crippen MR) is 125 cm³/mol. The maximum Gasteiger partial charge on any atom is 0.235 e. The number of fused-ring (bicyclic) bond motifs is 2. The van der Waals surface area contributed by atoms with Gasteiger partial charge in [-0.2, -0.15) is 0 Å². The number of ketones is 1. The number of allylic oxidation sites excluding steroid dienone is 1. The number of aryl methyl sites for hydroxylation is 2. The molecule has 0 unspecified atom stereocenters. The van der Waals surface area contributed by atoms with E-state index in [1.54, 1.807) is 25.7 Å². The molecule has 2 N–H and O–H groups in total. The van der Waals surface area contributed by atoms with E-state index in [0.29, 0.717) is 5.92 Å². The molecule has 2 aliphatic rings. The second kappa shape index (κ2) is 7.69. The zero-order chi connectivity index (χ0) is 23.4. The molecule has 4 aromatic rings. The van der Waals surface area contributed by atoms with E-state index < -0.39 is 5.78 Å². The number of nitrogens with zero attached hydrogens (tertiary/aromatic N) is 3. The smallest absolute Gasteiger partial charge is 0.235 e. The van der Waals surface area contributed by atoms with Gasteiger partial charge in [-0.25, -0.2) is 4.98 Å². The summed E-state index contributed by atoms with van der Waals surface area (Å²) in [5.41, 5.74) is 3.20. The van der Waals surface area contributed by atoms with Crippen LogP contribution in [0.5, 0.6) is 23.0 Å². The van der Waals surface area contributed by atoms with Crippen molar-refractivity contribution in [3.8, 4) is 23.0 Å². The number of benzene rings is 2. The summed E-state index contributed by atoms with van der Waals surface area (Å²) in [6.45, 7) is 1.51. The second-order valence-corrected chi connectivity index (χ2v) is 8.69. The van der Waals surface area contributed by atoms with Crippen molar-refractivity contribution in [2.75, 3.05) is 7.11 Å². The first kappa shape index (κ1) is 20.4. The SMILES string of the molecule is COc1ccc2c(c1)c(C=C1Oc3cc(O)cc(O)c3C1=O)c(C1CC1)n2CCn1ccnc1. The van der Waals surface area contributed by atoms with Crippen molar-refractivity contribution < 1.29 is 24.5 Å². The Bertz CT molecular complexity index is 1460. The minimum atomic E-state index is -0.406. The highest BCUT2D eigenvalue weighted by atomic mass is 16.5. The van der Waals surface area contributed by atoms with Crippen LogP contribution in [0.3, 0.4) is 0 Å². The molecule has 8 nitrogen and oxygen atoms in total. The molecule has 34 heavy (non-hydrogen) atoms. The van der Waals surface area contributed by atoms with Crippen LogP contribution in [0.1, 0.15) is 40.4 Å². The number of phenols is 2. The first-order valence-corrected chi connectivity index (χ1v) is 11.2. The van der Waals surface area contributed by atoms with Crippen molar-refractivity contribution in [2.24, 2.45) is 0 Å². The molecule has 2 aromatic carbocycles. The summed E-state index contributed by atoms with van der Waals surface area (Å²) in [5.74, 6) is 0.532. The molecule has 172 valence electrons. The van der Waals surface area contributed by atoms with Gasteiger partial charge in [0.25, 0.3) is 0 Å². The molecule has 1 saturated carbocycles. The molecular formula is C26H23N3O5. The summed E-state index contributed by atoms with van der Waals surface area (Å²) in [5, 5.41) is 21.0. The number of aromatic nitrogens is 3. The summed E-state index contributed by atoms with van der Waals surface area (Å²) in [6, 6.07) is 8.46. The highest BCUT2D eigenvalue weighted by Crippen LogP contribution is 2.47. The average Bonchev–Trinajstić information content (AvgIpc) is 3.29. The Labute approximate surface area is 195 Å². The third kappa shape index (κ3) is 3.30. The molecule has 1 fully saturated rings. The fourth-order valence-corrected chi connectivity index (χ4v) is 4.74. The highest BCUT2D eigenvalue weighted by molar-refractivity contribution is 6.17. The van der Waals surface area contributed by atoms with Gasteiger partial charge in [-0.05, 0) is 43.0 Å². The highest BCUT2D eigenvalue weighted by Gasteiger charge is 2.35. The number of carbonyl (C=O) groups excluding carboxylic acids is 1. The third-order valence-corrected chi connectivity index (χ3v) is 6.47. The lowest BCUT2D eigenvalue weighted by molar-refractivity contribution is 0.101. The van der Waals surface area contributed by atoms with E-state index in [1.165, 1.54) is 6.07 Å². The quantitative estimate of drug-likeness (QED) is 0.415. The molecule has 2 aromatic heterocycles. The normalized spacial score (nSPS) is 16.3. The third-order valence-electron chi connectivity index (χ3n) is 6.47. The topological polar surface area (TPSA) is 98.7 Å². The van der Waals surface area contributed by atoms with Crippen molar-refractivity contribution in [1.82, 2.24) is 14.1 Å². The van der Waals surface area contributed by atoms with Gasteiger partial charge in [0.2, 0.25) is 5.78 Å². The van der Waals surface area contributed by atoms with Crippen LogP contribution < -0.4 is 9.47 Å². The van der Waals surface area contributed by atoms with Crippen LogP contribution in [0.15, 0.2) is 54.8 Å². The van der Waals surface area contributed by atoms with E-state index in [1.807, 2.05) is 29.0 Å². The zero-order valence-corrected chi connectivity index (χ0v) is 18.6. The number of aromatic hydroxyl groups is 2. The van der Waals surface area contributed by atoms with Gasteiger partial charge in [-0.3, -0.25) is 4.79 Å². The second-order valence-electron chi connectivity index (χ2n) is 8.69. The van der Waals surface area contributed by atoms with Gasteiger partial charge in [0, 0.05) is 59.8 Å². The Hall–Kier alpha value is -4.20. The molecule has 8 heteroatoms. The maximum atomic E-state index is 13.1. The van der Waals surface area contributed by atoms with E-state index in [2.05, 4.69) is 9.55 Å². The van der Waals surface area contributed by atoms with Crippen molar-refractivity contribution in [2.45, 2.75) is 31.8 Å². The number of methoxy groups -OCH3 is 1. The van der Waals surface area contributed by atoms with Crippen LogP contribution >= 0.6 is 0 Å². The predicted octanol–water partition coefficient (Wildman–Crippen LogP) is 4.45. The first-order chi connectivity index (χ1) is 16.5. The fourth-order valence-electron chi connectivity index (χ4n) is 4.74. The molecule has 0 saturated heterocycles. The van der Waals surface area contributed by atoms with E-state index in [0.717, 1.165) is 59.9 Å². The Morgan fingerprint density at radius 3 is 2.79 bits per heavy atom. The first-order valence-electron chi connectivity index (χ1n) is 11.2. The van der Waals surface area contributed by atoms with Crippen LogP contribution in [-0.4, -0.2) is 37.2 Å². The number of rotatable bonds is 6. The molecule has 0 radical (unpaired) electrons.